The van der Waals surface area contributed by atoms with Crippen LogP contribution in [-0.4, -0.2) is 33.4 Å². The fourth-order valence-corrected chi connectivity index (χ4v) is 5.08. The van der Waals surface area contributed by atoms with Crippen molar-refractivity contribution >= 4 is 9.84 Å². The van der Waals surface area contributed by atoms with E-state index >= 15 is 0 Å². The molecule has 1 aromatic carbocycles. The van der Waals surface area contributed by atoms with Gasteiger partial charge in [0.15, 0.2) is 9.84 Å². The van der Waals surface area contributed by atoms with E-state index < -0.39 is 9.84 Å². The molecule has 116 valence electrons. The molecule has 0 aromatic heterocycles. The molecular weight excluding hydrogens is 286 g/mol. The lowest BCUT2D eigenvalue weighted by molar-refractivity contribution is 0.0296. The van der Waals surface area contributed by atoms with Crippen LogP contribution in [0.25, 0.3) is 0 Å². The summed E-state index contributed by atoms with van der Waals surface area (Å²) in [6, 6.07) is 7.18. The number of nitrogens with one attached hydrogen (secondary N) is 1. The van der Waals surface area contributed by atoms with Gasteiger partial charge < -0.3 is 10.1 Å². The highest BCUT2D eigenvalue weighted by atomic mass is 32.2. The normalized spacial score (nSPS) is 24.9. The van der Waals surface area contributed by atoms with Crippen molar-refractivity contribution in [1.82, 2.24) is 5.32 Å². The van der Waals surface area contributed by atoms with Crippen LogP contribution in [0.1, 0.15) is 43.7 Å². The van der Waals surface area contributed by atoms with Crippen LogP contribution in [0.15, 0.2) is 29.2 Å². The Morgan fingerprint density at radius 3 is 2.71 bits per heavy atom. The molecule has 1 aliphatic heterocycles. The fourth-order valence-electron chi connectivity index (χ4n) is 3.31. The van der Waals surface area contributed by atoms with Gasteiger partial charge in [0.1, 0.15) is 0 Å². The van der Waals surface area contributed by atoms with Gasteiger partial charge in [-0.25, -0.2) is 8.42 Å². The number of fused-ring (bicyclic) bond motifs is 1. The van der Waals surface area contributed by atoms with E-state index in [0.717, 1.165) is 5.56 Å². The highest BCUT2D eigenvalue weighted by molar-refractivity contribution is 7.91. The summed E-state index contributed by atoms with van der Waals surface area (Å²) in [7, 11) is -3.12. The first-order valence-electron chi connectivity index (χ1n) is 7.83. The number of benzene rings is 1. The predicted octanol–water partition coefficient (Wildman–Crippen LogP) is 2.45. The molecule has 1 unspecified atom stereocenters. The Hall–Kier alpha value is -0.910. The third-order valence-corrected chi connectivity index (χ3v) is 6.23. The highest BCUT2D eigenvalue weighted by Gasteiger charge is 2.33. The van der Waals surface area contributed by atoms with Gasteiger partial charge in [-0.15, -0.1) is 0 Å². The van der Waals surface area contributed by atoms with Crippen LogP contribution >= 0.6 is 0 Å². The Morgan fingerprint density at radius 2 is 1.90 bits per heavy atom. The topological polar surface area (TPSA) is 55.4 Å². The minimum atomic E-state index is -3.12. The number of hydrogen-bond donors (Lipinski definition) is 1. The van der Waals surface area contributed by atoms with Gasteiger partial charge in [-0.2, -0.15) is 0 Å². The van der Waals surface area contributed by atoms with Crippen molar-refractivity contribution in [2.75, 3.05) is 18.9 Å². The Morgan fingerprint density at radius 1 is 1.14 bits per heavy atom. The summed E-state index contributed by atoms with van der Waals surface area (Å²) in [6.07, 6.45) is 6.61. The summed E-state index contributed by atoms with van der Waals surface area (Å²) in [6.45, 7) is 1.36. The van der Waals surface area contributed by atoms with Gasteiger partial charge in [0.05, 0.1) is 23.4 Å². The van der Waals surface area contributed by atoms with Crippen molar-refractivity contribution < 1.29 is 13.2 Å². The molecule has 1 fully saturated rings. The minimum Gasteiger partial charge on any atom is -0.377 e. The standard InChI is InChI=1S/C16H23NO3S/c18-21(19)12-15(14-8-4-5-9-16(14)21)17-10-11-20-13-6-2-1-3-7-13/h4-5,8-9,13,15,17H,1-3,6-7,10-12H2. The van der Waals surface area contributed by atoms with E-state index in [4.69, 9.17) is 4.74 Å². The molecule has 3 rings (SSSR count). The summed E-state index contributed by atoms with van der Waals surface area (Å²) in [5.74, 6) is 0.162. The smallest absolute Gasteiger partial charge is 0.180 e. The molecule has 1 saturated carbocycles. The quantitative estimate of drug-likeness (QED) is 0.849. The Labute approximate surface area is 126 Å². The molecule has 2 aliphatic rings. The average Bonchev–Trinajstić information content (AvgIpc) is 2.77. The first kappa shape index (κ1) is 15.0. The molecule has 1 aromatic rings. The Bertz CT molecular complexity index is 579. The summed E-state index contributed by atoms with van der Waals surface area (Å²) < 4.78 is 30.0. The Kier molecular flexibility index (Phi) is 4.62. The van der Waals surface area contributed by atoms with Gasteiger partial charge in [-0.3, -0.25) is 0 Å². The predicted molar refractivity (Wildman–Crippen MR) is 82.1 cm³/mol. The number of ether oxygens (including phenoxy) is 1. The van der Waals surface area contributed by atoms with Crippen molar-refractivity contribution in [1.29, 1.82) is 0 Å². The maximum atomic E-state index is 12.1. The van der Waals surface area contributed by atoms with Gasteiger partial charge in [0.2, 0.25) is 0 Å². The van der Waals surface area contributed by atoms with Crippen LogP contribution in [-0.2, 0) is 14.6 Å². The van der Waals surface area contributed by atoms with Gasteiger partial charge in [0, 0.05) is 12.6 Å². The molecule has 0 spiro atoms. The zero-order valence-corrected chi connectivity index (χ0v) is 13.1. The number of sulfone groups is 1. The van der Waals surface area contributed by atoms with Gasteiger partial charge in [-0.1, -0.05) is 37.5 Å². The van der Waals surface area contributed by atoms with E-state index in [1.54, 1.807) is 12.1 Å². The lowest BCUT2D eigenvalue weighted by Gasteiger charge is -2.22. The van der Waals surface area contributed by atoms with Crippen LogP contribution in [0.5, 0.6) is 0 Å². The average molecular weight is 309 g/mol. The van der Waals surface area contributed by atoms with Crippen LogP contribution in [0.2, 0.25) is 0 Å². The molecule has 0 bridgehead atoms. The molecule has 4 nitrogen and oxygen atoms in total. The minimum absolute atomic E-state index is 0.0962. The van der Waals surface area contributed by atoms with E-state index in [1.165, 1.54) is 32.1 Å². The van der Waals surface area contributed by atoms with Crippen molar-refractivity contribution in [2.24, 2.45) is 0 Å². The van der Waals surface area contributed by atoms with Crippen molar-refractivity contribution in [3.63, 3.8) is 0 Å². The monoisotopic (exact) mass is 309 g/mol. The fraction of sp³-hybridized carbons (Fsp3) is 0.625. The van der Waals surface area contributed by atoms with E-state index in [0.29, 0.717) is 24.2 Å². The molecule has 0 saturated heterocycles. The maximum absolute atomic E-state index is 12.1. The van der Waals surface area contributed by atoms with Gasteiger partial charge in [0.25, 0.3) is 0 Å². The van der Waals surface area contributed by atoms with Crippen molar-refractivity contribution in [3.8, 4) is 0 Å². The zero-order valence-electron chi connectivity index (χ0n) is 12.3. The van der Waals surface area contributed by atoms with Crippen LogP contribution in [0, 0.1) is 0 Å². The van der Waals surface area contributed by atoms with Gasteiger partial charge in [-0.05, 0) is 24.5 Å². The summed E-state index contributed by atoms with van der Waals surface area (Å²) >= 11 is 0. The molecule has 21 heavy (non-hydrogen) atoms. The van der Waals surface area contributed by atoms with Crippen molar-refractivity contribution in [3.05, 3.63) is 29.8 Å². The second-order valence-electron chi connectivity index (χ2n) is 5.96. The highest BCUT2D eigenvalue weighted by Crippen LogP contribution is 2.32. The maximum Gasteiger partial charge on any atom is 0.180 e. The van der Waals surface area contributed by atoms with Crippen LogP contribution in [0.4, 0.5) is 0 Å². The molecule has 1 N–H and O–H groups in total. The van der Waals surface area contributed by atoms with Crippen molar-refractivity contribution in [2.45, 2.75) is 49.1 Å². The number of rotatable bonds is 5. The number of hydrogen-bond acceptors (Lipinski definition) is 4. The van der Waals surface area contributed by atoms with E-state index in [2.05, 4.69) is 5.32 Å². The Balaban J connectivity index is 1.50. The molecule has 1 atom stereocenters. The largest absolute Gasteiger partial charge is 0.377 e. The summed E-state index contributed by atoms with van der Waals surface area (Å²) in [4.78, 5) is 0.482. The first-order chi connectivity index (χ1) is 10.2. The first-order valence-corrected chi connectivity index (χ1v) is 9.49. The lowest BCUT2D eigenvalue weighted by atomic mass is 9.98. The molecule has 0 amide bonds. The SMILES string of the molecule is O=S1(=O)CC(NCCOC2CCCCC2)c2ccccc21. The van der Waals surface area contributed by atoms with E-state index in [-0.39, 0.29) is 11.8 Å². The third kappa shape index (κ3) is 3.47. The second kappa shape index (κ2) is 6.46. The second-order valence-corrected chi connectivity index (χ2v) is 7.96. The van der Waals surface area contributed by atoms with Gasteiger partial charge >= 0.3 is 0 Å². The molecule has 1 heterocycles. The summed E-state index contributed by atoms with van der Waals surface area (Å²) in [5.41, 5.74) is 0.898. The van der Waals surface area contributed by atoms with E-state index in [9.17, 15) is 8.42 Å². The summed E-state index contributed by atoms with van der Waals surface area (Å²) in [5, 5.41) is 3.33. The molecular formula is C16H23NO3S. The molecule has 0 radical (unpaired) electrons. The molecule has 1 aliphatic carbocycles. The lowest BCUT2D eigenvalue weighted by Crippen LogP contribution is -2.28. The van der Waals surface area contributed by atoms with Crippen LogP contribution in [0.3, 0.4) is 0 Å². The molecule has 5 heteroatoms. The zero-order chi connectivity index (χ0) is 14.7. The third-order valence-electron chi connectivity index (χ3n) is 4.41. The van der Waals surface area contributed by atoms with E-state index in [1.807, 2.05) is 12.1 Å². The van der Waals surface area contributed by atoms with Crippen LogP contribution < -0.4 is 5.32 Å².